The van der Waals surface area contributed by atoms with Crippen molar-refractivity contribution in [2.45, 2.75) is 12.5 Å². The Kier molecular flexibility index (Phi) is 5.44. The molecule has 1 aliphatic heterocycles. The normalized spacial score (nSPS) is 15.9. The molecule has 6 aromatic rings. The minimum atomic E-state index is -0.194. The van der Waals surface area contributed by atoms with E-state index < -0.39 is 0 Å². The van der Waals surface area contributed by atoms with Crippen LogP contribution in [0.25, 0.3) is 22.6 Å². The summed E-state index contributed by atoms with van der Waals surface area (Å²) in [6.07, 6.45) is 4.25. The summed E-state index contributed by atoms with van der Waals surface area (Å²) < 4.78 is 7.25. The molecule has 3 aromatic heterocycles. The number of hydrazone groups is 1. The molecule has 184 valence electrons. The Balaban J connectivity index is 1.21. The highest BCUT2D eigenvalue weighted by molar-refractivity contribution is 7.15. The standard InChI is InChI=1S/C30H21N5O2S/c36-29-27(38-30-31-28(33-35(29)30)26-12-7-17-37-26)18-20-13-15-23(16-14-20)34-25(22-10-5-2-6-11-22)19-24(32-34)21-8-3-1-4-9-21/h1-18,25H,19H2/b27-18-. The lowest BCUT2D eigenvalue weighted by molar-refractivity contribution is 0.577. The molecule has 0 spiro atoms. The molecule has 0 fully saturated rings. The zero-order valence-electron chi connectivity index (χ0n) is 20.1. The third-order valence-corrected chi connectivity index (χ3v) is 7.54. The van der Waals surface area contributed by atoms with E-state index in [-0.39, 0.29) is 11.6 Å². The van der Waals surface area contributed by atoms with E-state index in [2.05, 4.69) is 63.6 Å². The van der Waals surface area contributed by atoms with Crippen LogP contribution in [0.5, 0.6) is 0 Å². The zero-order chi connectivity index (χ0) is 25.5. The smallest absolute Gasteiger partial charge is 0.291 e. The second kappa shape index (κ2) is 9.24. The average molecular weight is 516 g/mol. The van der Waals surface area contributed by atoms with Crippen LogP contribution in [0.4, 0.5) is 5.69 Å². The van der Waals surface area contributed by atoms with Crippen LogP contribution in [0.2, 0.25) is 0 Å². The molecule has 0 saturated heterocycles. The van der Waals surface area contributed by atoms with E-state index >= 15 is 0 Å². The number of anilines is 1. The highest BCUT2D eigenvalue weighted by Gasteiger charge is 2.29. The van der Waals surface area contributed by atoms with Crippen molar-refractivity contribution in [3.63, 3.8) is 0 Å². The van der Waals surface area contributed by atoms with Gasteiger partial charge in [0.05, 0.1) is 28.2 Å². The van der Waals surface area contributed by atoms with Gasteiger partial charge in [0.2, 0.25) is 10.8 Å². The molecule has 0 radical (unpaired) electrons. The number of aromatic nitrogens is 3. The first kappa shape index (κ1) is 22.4. The Bertz CT molecular complexity index is 1860. The van der Waals surface area contributed by atoms with E-state index in [1.54, 1.807) is 18.4 Å². The quantitative estimate of drug-likeness (QED) is 0.311. The van der Waals surface area contributed by atoms with Crippen LogP contribution >= 0.6 is 11.3 Å². The van der Waals surface area contributed by atoms with E-state index in [9.17, 15) is 4.79 Å². The zero-order valence-corrected chi connectivity index (χ0v) is 21.0. The summed E-state index contributed by atoms with van der Waals surface area (Å²) in [5, 5.41) is 11.4. The number of nitrogens with zero attached hydrogens (tertiary/aromatic N) is 5. The molecule has 0 bridgehead atoms. The van der Waals surface area contributed by atoms with Crippen molar-refractivity contribution >= 4 is 33.8 Å². The maximum Gasteiger partial charge on any atom is 0.291 e. The van der Waals surface area contributed by atoms with Crippen LogP contribution in [-0.2, 0) is 0 Å². The maximum absolute atomic E-state index is 12.9. The molecule has 8 heteroatoms. The molecule has 0 amide bonds. The lowest BCUT2D eigenvalue weighted by Gasteiger charge is -2.24. The van der Waals surface area contributed by atoms with E-state index in [0.717, 1.165) is 28.9 Å². The molecule has 1 aliphatic rings. The average Bonchev–Trinajstić information content (AvgIpc) is 3.76. The predicted molar refractivity (Wildman–Crippen MR) is 149 cm³/mol. The third-order valence-electron chi connectivity index (χ3n) is 6.58. The number of rotatable bonds is 5. The highest BCUT2D eigenvalue weighted by Crippen LogP contribution is 2.36. The van der Waals surface area contributed by atoms with Gasteiger partial charge in [-0.1, -0.05) is 84.1 Å². The highest BCUT2D eigenvalue weighted by atomic mass is 32.1. The predicted octanol–water partition coefficient (Wildman–Crippen LogP) is 5.31. The Morgan fingerprint density at radius 2 is 1.66 bits per heavy atom. The fraction of sp³-hybridized carbons (Fsp3) is 0.0667. The molecular weight excluding hydrogens is 494 g/mol. The summed E-state index contributed by atoms with van der Waals surface area (Å²) in [7, 11) is 0. The van der Waals surface area contributed by atoms with E-state index in [4.69, 9.17) is 9.52 Å². The molecule has 38 heavy (non-hydrogen) atoms. The number of furan rings is 1. The molecule has 3 aromatic carbocycles. The second-order valence-corrected chi connectivity index (χ2v) is 10.0. The minimum absolute atomic E-state index is 0.106. The summed E-state index contributed by atoms with van der Waals surface area (Å²) in [6.45, 7) is 0. The third kappa shape index (κ3) is 4.01. The van der Waals surface area contributed by atoms with Crippen molar-refractivity contribution in [2.75, 3.05) is 5.01 Å². The first-order valence-electron chi connectivity index (χ1n) is 12.3. The lowest BCUT2D eigenvalue weighted by Crippen LogP contribution is -2.23. The summed E-state index contributed by atoms with van der Waals surface area (Å²) in [5.74, 6) is 0.943. The second-order valence-electron chi connectivity index (χ2n) is 9.00. The Morgan fingerprint density at radius 1 is 0.895 bits per heavy atom. The fourth-order valence-corrected chi connectivity index (χ4v) is 5.61. The van der Waals surface area contributed by atoms with Crippen molar-refractivity contribution in [3.8, 4) is 11.6 Å². The number of fused-ring (bicyclic) bond motifs is 1. The number of hydrogen-bond acceptors (Lipinski definition) is 7. The van der Waals surface area contributed by atoms with Gasteiger partial charge in [0.15, 0.2) is 5.76 Å². The topological polar surface area (TPSA) is 76.0 Å². The molecule has 1 unspecified atom stereocenters. The number of benzene rings is 3. The first-order chi connectivity index (χ1) is 18.7. The van der Waals surface area contributed by atoms with E-state index in [1.165, 1.54) is 21.4 Å². The van der Waals surface area contributed by atoms with Crippen LogP contribution in [-0.4, -0.2) is 20.3 Å². The number of hydrogen-bond donors (Lipinski definition) is 0. The van der Waals surface area contributed by atoms with Crippen molar-refractivity contribution < 1.29 is 4.42 Å². The monoisotopic (exact) mass is 515 g/mol. The summed E-state index contributed by atoms with van der Waals surface area (Å²) in [5.41, 5.74) is 5.14. The van der Waals surface area contributed by atoms with Gasteiger partial charge in [0.1, 0.15) is 0 Å². The van der Waals surface area contributed by atoms with E-state index in [0.29, 0.717) is 21.1 Å². The lowest BCUT2D eigenvalue weighted by atomic mass is 9.98. The fourth-order valence-electron chi connectivity index (χ4n) is 4.71. The van der Waals surface area contributed by atoms with Gasteiger partial charge in [-0.2, -0.15) is 14.6 Å². The van der Waals surface area contributed by atoms with Crippen LogP contribution < -0.4 is 15.1 Å². The van der Waals surface area contributed by atoms with Crippen LogP contribution in [0.1, 0.15) is 29.2 Å². The van der Waals surface area contributed by atoms with Crippen molar-refractivity contribution in [1.82, 2.24) is 14.6 Å². The van der Waals surface area contributed by atoms with E-state index in [1.807, 2.05) is 42.5 Å². The van der Waals surface area contributed by atoms with Gasteiger partial charge < -0.3 is 4.42 Å². The van der Waals surface area contributed by atoms with Crippen molar-refractivity contribution in [1.29, 1.82) is 0 Å². The summed E-state index contributed by atoms with van der Waals surface area (Å²) in [6, 6.07) is 32.6. The van der Waals surface area contributed by atoms with Gasteiger partial charge in [-0.3, -0.25) is 9.80 Å². The van der Waals surface area contributed by atoms with Gasteiger partial charge in [0.25, 0.3) is 5.56 Å². The van der Waals surface area contributed by atoms with Crippen molar-refractivity contribution in [3.05, 3.63) is 135 Å². The van der Waals surface area contributed by atoms with Gasteiger partial charge in [-0.15, -0.1) is 5.10 Å². The first-order valence-corrected chi connectivity index (χ1v) is 13.1. The van der Waals surface area contributed by atoms with Gasteiger partial charge in [-0.25, -0.2) is 0 Å². The summed E-state index contributed by atoms with van der Waals surface area (Å²) in [4.78, 5) is 17.9. The number of thiazole rings is 1. The Hall–Kier alpha value is -4.82. The minimum Gasteiger partial charge on any atom is -0.461 e. The molecule has 7 nitrogen and oxygen atoms in total. The molecular formula is C30H21N5O2S. The summed E-state index contributed by atoms with van der Waals surface area (Å²) >= 11 is 1.31. The van der Waals surface area contributed by atoms with Crippen molar-refractivity contribution in [2.24, 2.45) is 5.10 Å². The van der Waals surface area contributed by atoms with Gasteiger partial charge >= 0.3 is 0 Å². The van der Waals surface area contributed by atoms with Crippen LogP contribution in [0.15, 0.2) is 118 Å². The van der Waals surface area contributed by atoms with Gasteiger partial charge in [-0.05, 0) is 47.0 Å². The molecule has 0 aliphatic carbocycles. The molecule has 0 saturated carbocycles. The van der Waals surface area contributed by atoms with Crippen LogP contribution in [0.3, 0.4) is 0 Å². The Labute approximate surface area is 221 Å². The largest absolute Gasteiger partial charge is 0.461 e. The van der Waals surface area contributed by atoms with Crippen LogP contribution in [0, 0.1) is 0 Å². The SMILES string of the molecule is O=c1/c(=C/c2ccc(N3N=C(c4ccccc4)CC3c3ccccc3)cc2)sc2nc(-c3ccco3)nn12. The molecule has 0 N–H and O–H groups in total. The molecule has 7 rings (SSSR count). The maximum atomic E-state index is 12.9. The molecule has 4 heterocycles. The Morgan fingerprint density at radius 3 is 2.37 bits per heavy atom. The van der Waals surface area contributed by atoms with Gasteiger partial charge in [0, 0.05) is 6.42 Å². The molecule has 1 atom stereocenters.